The fraction of sp³-hybridized carbons (Fsp3) is 0.0500. The first-order valence-corrected chi connectivity index (χ1v) is 9.40. The second-order valence-electron chi connectivity index (χ2n) is 6.03. The lowest BCUT2D eigenvalue weighted by molar-refractivity contribution is -0.115. The summed E-state index contributed by atoms with van der Waals surface area (Å²) in [5.41, 5.74) is 3.39. The zero-order chi connectivity index (χ0) is 19.0. The van der Waals surface area contributed by atoms with E-state index in [-0.39, 0.29) is 11.7 Å². The molecule has 1 aliphatic heterocycles. The van der Waals surface area contributed by atoms with Crippen LogP contribution in [0.4, 0.5) is 4.39 Å². The normalized spacial score (nSPS) is 15.4. The van der Waals surface area contributed by atoms with Crippen LogP contribution in [0.5, 0.6) is 0 Å². The van der Waals surface area contributed by atoms with Gasteiger partial charge >= 0.3 is 0 Å². The summed E-state index contributed by atoms with van der Waals surface area (Å²) in [4.78, 5) is 12.5. The van der Waals surface area contributed by atoms with Gasteiger partial charge in [-0.1, -0.05) is 54.3 Å². The first kappa shape index (κ1) is 17.6. The van der Waals surface area contributed by atoms with Crippen molar-refractivity contribution in [2.75, 3.05) is 0 Å². The van der Waals surface area contributed by atoms with E-state index >= 15 is 0 Å². The molecule has 0 saturated carbocycles. The molecule has 2 aromatic carbocycles. The molecule has 1 fully saturated rings. The number of carbonyl (C=O) groups is 1. The largest absolute Gasteiger partial charge is 0.307 e. The number of nitrogens with zero attached hydrogens (tertiary/aromatic N) is 2. The Bertz CT molecular complexity index is 1090. The maximum Gasteiger partial charge on any atom is 0.263 e. The first-order chi connectivity index (χ1) is 13.0. The van der Waals surface area contributed by atoms with Crippen LogP contribution in [0.1, 0.15) is 11.1 Å². The molecule has 0 spiro atoms. The zero-order valence-electron chi connectivity index (χ0n) is 14.3. The number of amides is 1. The highest BCUT2D eigenvalue weighted by molar-refractivity contribution is 8.26. The van der Waals surface area contributed by atoms with Crippen LogP contribution in [0.25, 0.3) is 23.0 Å². The van der Waals surface area contributed by atoms with Gasteiger partial charge in [-0.25, -0.2) is 9.07 Å². The quantitative estimate of drug-likeness (QED) is 0.525. The van der Waals surface area contributed by atoms with E-state index in [0.717, 1.165) is 5.69 Å². The minimum atomic E-state index is -0.297. The Kier molecular flexibility index (Phi) is 4.63. The maximum atomic E-state index is 14.1. The molecule has 0 unspecified atom stereocenters. The van der Waals surface area contributed by atoms with Gasteiger partial charge in [0.2, 0.25) is 0 Å². The van der Waals surface area contributed by atoms with Gasteiger partial charge < -0.3 is 5.32 Å². The first-order valence-electron chi connectivity index (χ1n) is 8.18. The third-order valence-electron chi connectivity index (χ3n) is 4.14. The number of benzene rings is 2. The van der Waals surface area contributed by atoms with E-state index in [0.29, 0.717) is 31.6 Å². The monoisotopic (exact) mass is 395 g/mol. The van der Waals surface area contributed by atoms with E-state index in [1.807, 2.05) is 42.6 Å². The number of halogens is 1. The van der Waals surface area contributed by atoms with Crippen molar-refractivity contribution in [1.29, 1.82) is 0 Å². The molecule has 134 valence electrons. The highest BCUT2D eigenvalue weighted by atomic mass is 32.2. The maximum absolute atomic E-state index is 14.1. The molecule has 1 saturated heterocycles. The molecule has 0 bridgehead atoms. The average Bonchev–Trinajstić information content (AvgIpc) is 3.21. The van der Waals surface area contributed by atoms with E-state index in [1.165, 1.54) is 17.8 Å². The Morgan fingerprint density at radius 1 is 1.22 bits per heavy atom. The number of aryl methyl sites for hydroxylation is 1. The summed E-state index contributed by atoms with van der Waals surface area (Å²) in [5.74, 6) is -0.534. The van der Waals surface area contributed by atoms with E-state index in [4.69, 9.17) is 12.2 Å². The molecule has 3 aromatic rings. The van der Waals surface area contributed by atoms with Gasteiger partial charge in [0.15, 0.2) is 0 Å². The van der Waals surface area contributed by atoms with Crippen LogP contribution in [0.2, 0.25) is 0 Å². The molecule has 7 heteroatoms. The minimum absolute atomic E-state index is 0.238. The van der Waals surface area contributed by atoms with Crippen molar-refractivity contribution in [1.82, 2.24) is 15.1 Å². The molecule has 1 aromatic heterocycles. The predicted octanol–water partition coefficient (Wildman–Crippen LogP) is 4.48. The summed E-state index contributed by atoms with van der Waals surface area (Å²) in [6.07, 6.45) is 3.56. The van der Waals surface area contributed by atoms with Gasteiger partial charge in [-0.05, 0) is 36.8 Å². The summed E-state index contributed by atoms with van der Waals surface area (Å²) >= 11 is 6.25. The van der Waals surface area contributed by atoms with Gasteiger partial charge in [0, 0.05) is 17.3 Å². The molecule has 0 aliphatic carbocycles. The summed E-state index contributed by atoms with van der Waals surface area (Å²) < 4.78 is 16.2. The number of rotatable bonds is 3. The van der Waals surface area contributed by atoms with Gasteiger partial charge in [0.25, 0.3) is 5.91 Å². The number of thiocarbonyl (C=S) groups is 1. The number of hydrogen-bond donors (Lipinski definition) is 1. The third-order valence-corrected chi connectivity index (χ3v) is 5.30. The van der Waals surface area contributed by atoms with Crippen molar-refractivity contribution in [2.45, 2.75) is 6.92 Å². The lowest BCUT2D eigenvalue weighted by atomic mass is 10.1. The van der Waals surface area contributed by atoms with Crippen LogP contribution in [0.3, 0.4) is 0 Å². The standard InChI is InChI=1S/C20H14FN3OS2/c1-12-7-8-13(9-16(12)21)18-14(10-17-19(25)22-20(26)27-17)11-24(23-18)15-5-3-2-4-6-15/h2-11H,1H3,(H,22,25,26)/b17-10+. The van der Waals surface area contributed by atoms with E-state index in [2.05, 4.69) is 10.4 Å². The molecule has 4 nitrogen and oxygen atoms in total. The lowest BCUT2D eigenvalue weighted by Crippen LogP contribution is -2.17. The highest BCUT2D eigenvalue weighted by Gasteiger charge is 2.23. The third kappa shape index (κ3) is 3.56. The topological polar surface area (TPSA) is 46.9 Å². The molecule has 1 amide bonds. The van der Waals surface area contributed by atoms with Gasteiger partial charge in [0.05, 0.1) is 10.6 Å². The van der Waals surface area contributed by atoms with E-state index < -0.39 is 0 Å². The van der Waals surface area contributed by atoms with Crippen LogP contribution >= 0.6 is 24.0 Å². The molecule has 1 N–H and O–H groups in total. The molecule has 2 heterocycles. The summed E-state index contributed by atoms with van der Waals surface area (Å²) in [5, 5.41) is 7.24. The number of carbonyl (C=O) groups excluding carboxylic acids is 1. The van der Waals surface area contributed by atoms with Gasteiger partial charge in [-0.15, -0.1) is 0 Å². The molecular formula is C20H14FN3OS2. The van der Waals surface area contributed by atoms with Crippen LogP contribution in [0, 0.1) is 12.7 Å². The molecule has 0 atom stereocenters. The summed E-state index contributed by atoms with van der Waals surface area (Å²) in [6, 6.07) is 14.6. The van der Waals surface area contributed by atoms with Crippen LogP contribution in [-0.4, -0.2) is 20.0 Å². The highest BCUT2D eigenvalue weighted by Crippen LogP contribution is 2.31. The molecule has 27 heavy (non-hydrogen) atoms. The van der Waals surface area contributed by atoms with Crippen molar-refractivity contribution in [3.05, 3.63) is 76.6 Å². The van der Waals surface area contributed by atoms with Crippen molar-refractivity contribution in [3.8, 4) is 16.9 Å². The zero-order valence-corrected chi connectivity index (χ0v) is 15.9. The minimum Gasteiger partial charge on any atom is -0.307 e. The summed E-state index contributed by atoms with van der Waals surface area (Å²) in [7, 11) is 0. The Morgan fingerprint density at radius 2 is 2.00 bits per heavy atom. The van der Waals surface area contributed by atoms with Crippen molar-refractivity contribution in [3.63, 3.8) is 0 Å². The Morgan fingerprint density at radius 3 is 2.67 bits per heavy atom. The number of para-hydroxylation sites is 1. The van der Waals surface area contributed by atoms with Crippen molar-refractivity contribution < 1.29 is 9.18 Å². The Balaban J connectivity index is 1.86. The van der Waals surface area contributed by atoms with Crippen molar-refractivity contribution >= 4 is 40.3 Å². The lowest BCUT2D eigenvalue weighted by Gasteiger charge is -2.02. The van der Waals surface area contributed by atoms with Crippen LogP contribution in [0.15, 0.2) is 59.6 Å². The molecular weight excluding hydrogens is 381 g/mol. The van der Waals surface area contributed by atoms with Crippen LogP contribution in [-0.2, 0) is 4.79 Å². The van der Waals surface area contributed by atoms with E-state index in [9.17, 15) is 9.18 Å². The smallest absolute Gasteiger partial charge is 0.263 e. The second kappa shape index (κ2) is 7.09. The SMILES string of the molecule is Cc1ccc(-c2nn(-c3ccccc3)cc2/C=C2/SC(=S)NC2=O)cc1F. The second-order valence-corrected chi connectivity index (χ2v) is 7.75. The molecule has 0 radical (unpaired) electrons. The Labute approximate surface area is 165 Å². The van der Waals surface area contributed by atoms with E-state index in [1.54, 1.807) is 23.7 Å². The molecule has 1 aliphatic rings. The number of aromatic nitrogens is 2. The van der Waals surface area contributed by atoms with Gasteiger partial charge in [-0.3, -0.25) is 4.79 Å². The number of thioether (sulfide) groups is 1. The fourth-order valence-electron chi connectivity index (χ4n) is 2.73. The number of nitrogens with one attached hydrogen (secondary N) is 1. The summed E-state index contributed by atoms with van der Waals surface area (Å²) in [6.45, 7) is 1.71. The predicted molar refractivity (Wildman–Crippen MR) is 110 cm³/mol. The average molecular weight is 395 g/mol. The van der Waals surface area contributed by atoms with Gasteiger partial charge in [0.1, 0.15) is 15.8 Å². The van der Waals surface area contributed by atoms with Gasteiger partial charge in [-0.2, -0.15) is 5.10 Å². The van der Waals surface area contributed by atoms with Crippen LogP contribution < -0.4 is 5.32 Å². The fourth-order valence-corrected chi connectivity index (χ4v) is 3.77. The molecule has 4 rings (SSSR count). The number of hydrogen-bond acceptors (Lipinski definition) is 4. The Hall–Kier alpha value is -2.77. The van der Waals surface area contributed by atoms with Crippen molar-refractivity contribution in [2.24, 2.45) is 0 Å².